The molecule has 2 amide bonds. The summed E-state index contributed by atoms with van der Waals surface area (Å²) in [5, 5.41) is 12.1. The first-order valence-corrected chi connectivity index (χ1v) is 6.81. The number of amides is 2. The van der Waals surface area contributed by atoms with E-state index in [9.17, 15) is 4.79 Å². The molecule has 0 radical (unpaired) electrons. The van der Waals surface area contributed by atoms with E-state index < -0.39 is 0 Å². The highest BCUT2D eigenvalue weighted by atomic mass is 32.2. The number of thioether (sulfide) groups is 1. The van der Waals surface area contributed by atoms with Crippen molar-refractivity contribution in [1.82, 2.24) is 4.90 Å². The molecule has 0 fully saturated rings. The number of benzene rings is 1. The molecule has 18 heavy (non-hydrogen) atoms. The van der Waals surface area contributed by atoms with Crippen LogP contribution in [0.1, 0.15) is 13.8 Å². The van der Waals surface area contributed by atoms with Crippen molar-refractivity contribution in [2.24, 2.45) is 0 Å². The first-order valence-electron chi connectivity index (χ1n) is 5.93. The van der Waals surface area contributed by atoms with Crippen LogP contribution in [0.5, 0.6) is 0 Å². The van der Waals surface area contributed by atoms with E-state index in [1.54, 1.807) is 18.8 Å². The van der Waals surface area contributed by atoms with Gasteiger partial charge in [0.05, 0.1) is 12.3 Å². The number of nitrogens with zero attached hydrogens (tertiary/aromatic N) is 1. The molecule has 5 heteroatoms. The van der Waals surface area contributed by atoms with Gasteiger partial charge in [-0.1, -0.05) is 26.0 Å². The van der Waals surface area contributed by atoms with Gasteiger partial charge in [0, 0.05) is 23.7 Å². The lowest BCUT2D eigenvalue weighted by Gasteiger charge is -2.18. The quantitative estimate of drug-likeness (QED) is 0.807. The van der Waals surface area contributed by atoms with E-state index in [1.165, 1.54) is 4.90 Å². The van der Waals surface area contributed by atoms with Crippen LogP contribution < -0.4 is 5.32 Å². The Hall–Kier alpha value is -1.20. The fourth-order valence-corrected chi connectivity index (χ4v) is 2.30. The van der Waals surface area contributed by atoms with Gasteiger partial charge in [-0.2, -0.15) is 0 Å². The molecule has 0 heterocycles. The normalized spacial score (nSPS) is 10.5. The molecule has 0 bridgehead atoms. The van der Waals surface area contributed by atoms with Crippen molar-refractivity contribution < 1.29 is 9.90 Å². The van der Waals surface area contributed by atoms with E-state index in [2.05, 4.69) is 19.2 Å². The number of rotatable bonds is 5. The molecule has 0 aliphatic carbocycles. The predicted molar refractivity (Wildman–Crippen MR) is 76.2 cm³/mol. The first kappa shape index (κ1) is 14.9. The summed E-state index contributed by atoms with van der Waals surface area (Å²) in [7, 11) is 1.66. The number of hydrogen-bond acceptors (Lipinski definition) is 3. The highest BCUT2D eigenvalue weighted by Gasteiger charge is 2.11. The van der Waals surface area contributed by atoms with Gasteiger partial charge in [-0.15, -0.1) is 11.8 Å². The Balaban J connectivity index is 2.74. The summed E-state index contributed by atoms with van der Waals surface area (Å²) < 4.78 is 0. The van der Waals surface area contributed by atoms with Crippen LogP contribution in [-0.2, 0) is 0 Å². The van der Waals surface area contributed by atoms with Gasteiger partial charge in [0.25, 0.3) is 0 Å². The molecule has 0 saturated heterocycles. The molecule has 0 aliphatic heterocycles. The molecule has 0 aromatic heterocycles. The van der Waals surface area contributed by atoms with Gasteiger partial charge < -0.3 is 15.3 Å². The summed E-state index contributed by atoms with van der Waals surface area (Å²) >= 11 is 1.71. The molecule has 0 saturated carbocycles. The minimum atomic E-state index is -0.208. The van der Waals surface area contributed by atoms with Crippen molar-refractivity contribution in [3.8, 4) is 0 Å². The van der Waals surface area contributed by atoms with Crippen molar-refractivity contribution in [3.05, 3.63) is 24.3 Å². The maximum absolute atomic E-state index is 11.8. The van der Waals surface area contributed by atoms with Crippen LogP contribution in [0, 0.1) is 0 Å². The monoisotopic (exact) mass is 268 g/mol. The Kier molecular flexibility index (Phi) is 6.01. The zero-order chi connectivity index (χ0) is 13.5. The van der Waals surface area contributed by atoms with E-state index in [4.69, 9.17) is 5.11 Å². The molecular weight excluding hydrogens is 248 g/mol. The standard InChI is InChI=1S/C13H20N2O2S/c1-10(2)18-12-7-5-4-6-11(12)14-13(17)15(3)8-9-16/h4-7,10,16H,8-9H2,1-3H3,(H,14,17). The number of carbonyl (C=O) groups excluding carboxylic acids is 1. The van der Waals surface area contributed by atoms with Crippen molar-refractivity contribution >= 4 is 23.5 Å². The van der Waals surface area contributed by atoms with Crippen LogP contribution >= 0.6 is 11.8 Å². The smallest absolute Gasteiger partial charge is 0.321 e. The maximum atomic E-state index is 11.8. The van der Waals surface area contributed by atoms with Crippen LogP contribution in [0.4, 0.5) is 10.5 Å². The Morgan fingerprint density at radius 2 is 2.11 bits per heavy atom. The first-order chi connectivity index (χ1) is 8.54. The molecule has 0 spiro atoms. The molecule has 1 aromatic rings. The zero-order valence-electron chi connectivity index (χ0n) is 11.0. The van der Waals surface area contributed by atoms with E-state index in [1.807, 2.05) is 24.3 Å². The lowest BCUT2D eigenvalue weighted by Crippen LogP contribution is -2.33. The Bertz CT molecular complexity index is 396. The van der Waals surface area contributed by atoms with E-state index in [-0.39, 0.29) is 12.6 Å². The van der Waals surface area contributed by atoms with Crippen LogP contribution in [-0.4, -0.2) is 41.5 Å². The third kappa shape index (κ3) is 4.58. The van der Waals surface area contributed by atoms with E-state index in [0.29, 0.717) is 11.8 Å². The highest BCUT2D eigenvalue weighted by Crippen LogP contribution is 2.30. The van der Waals surface area contributed by atoms with E-state index >= 15 is 0 Å². The largest absolute Gasteiger partial charge is 0.395 e. The van der Waals surface area contributed by atoms with Gasteiger partial charge >= 0.3 is 6.03 Å². The zero-order valence-corrected chi connectivity index (χ0v) is 11.8. The van der Waals surface area contributed by atoms with Crippen molar-refractivity contribution in [3.63, 3.8) is 0 Å². The van der Waals surface area contributed by atoms with Gasteiger partial charge in [0.2, 0.25) is 0 Å². The Morgan fingerprint density at radius 3 is 2.72 bits per heavy atom. The van der Waals surface area contributed by atoms with Gasteiger partial charge in [-0.25, -0.2) is 4.79 Å². The molecule has 1 aromatic carbocycles. The van der Waals surface area contributed by atoms with Gasteiger partial charge in [0.1, 0.15) is 0 Å². The summed E-state index contributed by atoms with van der Waals surface area (Å²) in [6, 6.07) is 7.52. The Morgan fingerprint density at radius 1 is 1.44 bits per heavy atom. The van der Waals surface area contributed by atoms with Crippen LogP contribution in [0.2, 0.25) is 0 Å². The minimum Gasteiger partial charge on any atom is -0.395 e. The van der Waals surface area contributed by atoms with Crippen molar-refractivity contribution in [2.75, 3.05) is 25.5 Å². The molecule has 0 unspecified atom stereocenters. The lowest BCUT2D eigenvalue weighted by atomic mass is 10.3. The predicted octanol–water partition coefficient (Wildman–Crippen LogP) is 2.64. The summed E-state index contributed by atoms with van der Waals surface area (Å²) in [4.78, 5) is 14.3. The molecule has 0 atom stereocenters. The number of urea groups is 1. The molecule has 4 nitrogen and oxygen atoms in total. The van der Waals surface area contributed by atoms with Gasteiger partial charge in [0.15, 0.2) is 0 Å². The number of carbonyl (C=O) groups is 1. The number of nitrogens with one attached hydrogen (secondary N) is 1. The summed E-state index contributed by atoms with van der Waals surface area (Å²) in [5.41, 5.74) is 0.811. The van der Waals surface area contributed by atoms with Crippen molar-refractivity contribution in [1.29, 1.82) is 0 Å². The van der Waals surface area contributed by atoms with Gasteiger partial charge in [-0.3, -0.25) is 0 Å². The second kappa shape index (κ2) is 7.28. The fraction of sp³-hybridized carbons (Fsp3) is 0.462. The topological polar surface area (TPSA) is 52.6 Å². The van der Waals surface area contributed by atoms with Crippen LogP contribution in [0.3, 0.4) is 0 Å². The summed E-state index contributed by atoms with van der Waals surface area (Å²) in [6.45, 7) is 4.51. The number of aliphatic hydroxyl groups is 1. The molecule has 1 rings (SSSR count). The SMILES string of the molecule is CC(C)Sc1ccccc1NC(=O)N(C)CCO. The van der Waals surface area contributed by atoms with Crippen LogP contribution in [0.25, 0.3) is 0 Å². The second-order valence-electron chi connectivity index (χ2n) is 4.24. The highest BCUT2D eigenvalue weighted by molar-refractivity contribution is 8.00. The molecular formula is C13H20N2O2S. The molecule has 100 valence electrons. The number of likely N-dealkylation sites (N-methyl/N-ethyl adjacent to an activating group) is 1. The number of para-hydroxylation sites is 1. The second-order valence-corrected chi connectivity index (χ2v) is 5.86. The summed E-state index contributed by atoms with van der Waals surface area (Å²) in [5.74, 6) is 0. The Labute approximate surface area is 112 Å². The number of anilines is 1. The average Bonchev–Trinajstić information content (AvgIpc) is 2.31. The van der Waals surface area contributed by atoms with Crippen LogP contribution in [0.15, 0.2) is 29.2 Å². The third-order valence-electron chi connectivity index (χ3n) is 2.27. The minimum absolute atomic E-state index is 0.0354. The summed E-state index contributed by atoms with van der Waals surface area (Å²) in [6.07, 6.45) is 0. The lowest BCUT2D eigenvalue weighted by molar-refractivity contribution is 0.202. The average molecular weight is 268 g/mol. The molecule has 0 aliphatic rings. The maximum Gasteiger partial charge on any atom is 0.321 e. The fourth-order valence-electron chi connectivity index (χ4n) is 1.39. The number of aliphatic hydroxyl groups excluding tert-OH is 1. The van der Waals surface area contributed by atoms with Gasteiger partial charge in [-0.05, 0) is 12.1 Å². The van der Waals surface area contributed by atoms with E-state index in [0.717, 1.165) is 10.6 Å². The number of hydrogen-bond donors (Lipinski definition) is 2. The third-order valence-corrected chi connectivity index (χ3v) is 3.35. The molecule has 2 N–H and O–H groups in total. The van der Waals surface area contributed by atoms with Crippen molar-refractivity contribution in [2.45, 2.75) is 24.0 Å².